The number of halogens is 1. The van der Waals surface area contributed by atoms with Crippen molar-refractivity contribution in [2.24, 2.45) is 5.92 Å². The lowest BCUT2D eigenvalue weighted by Gasteiger charge is -2.41. The Balaban J connectivity index is 1.68. The van der Waals surface area contributed by atoms with Crippen LogP contribution in [0, 0.1) is 16.4 Å². The minimum Gasteiger partial charge on any atom is -0.482 e. The van der Waals surface area contributed by atoms with E-state index >= 15 is 0 Å². The van der Waals surface area contributed by atoms with E-state index < -0.39 is 18.2 Å². The van der Waals surface area contributed by atoms with Crippen LogP contribution in [0.2, 0.25) is 0 Å². The standard InChI is InChI=1S/C28H33IN2O6/c1-18-6-8-19(9-7-18)16-31(28(35)20-10-13-36-17-20)23-14-21(27(34)30-11-12-32)15-25(26(23)33)37-24-5-3-2-4-22(24)29/h2-9,15,20,23,25-26,32-33H,10-14,16-17H2,1H3,(H,30,34)/t20?,23-,25+,26+/m1/s1. The van der Waals surface area contributed by atoms with E-state index in [-0.39, 0.29) is 37.3 Å². The van der Waals surface area contributed by atoms with E-state index in [0.29, 0.717) is 37.5 Å². The number of aliphatic hydroxyl groups is 2. The number of nitrogens with zero attached hydrogens (tertiary/aromatic N) is 1. The molecule has 0 radical (unpaired) electrons. The maximum Gasteiger partial charge on any atom is 0.247 e. The van der Waals surface area contributed by atoms with E-state index in [1.165, 1.54) is 0 Å². The van der Waals surface area contributed by atoms with Crippen molar-refractivity contribution < 1.29 is 29.3 Å². The molecule has 2 aromatic rings. The highest BCUT2D eigenvalue weighted by Crippen LogP contribution is 2.32. The predicted molar refractivity (Wildman–Crippen MR) is 147 cm³/mol. The van der Waals surface area contributed by atoms with E-state index in [2.05, 4.69) is 27.9 Å². The SMILES string of the molecule is Cc1ccc(CN(C(=O)C2CCOC2)[C@@H]2CC(C(=O)NCCO)=C[C@H](Oc3ccccc3I)[C@H]2O)cc1. The third-order valence-electron chi connectivity index (χ3n) is 6.75. The molecule has 2 aliphatic rings. The molecule has 1 heterocycles. The number of nitrogens with one attached hydrogen (secondary N) is 1. The first-order valence-electron chi connectivity index (χ1n) is 12.5. The van der Waals surface area contributed by atoms with Gasteiger partial charge < -0.3 is 29.9 Å². The average molecular weight is 620 g/mol. The Labute approximate surface area is 230 Å². The summed E-state index contributed by atoms with van der Waals surface area (Å²) < 4.78 is 12.6. The van der Waals surface area contributed by atoms with Crippen molar-refractivity contribution in [2.75, 3.05) is 26.4 Å². The van der Waals surface area contributed by atoms with E-state index in [9.17, 15) is 19.8 Å². The van der Waals surface area contributed by atoms with Gasteiger partial charge in [-0.05, 0) is 59.7 Å². The van der Waals surface area contributed by atoms with Crippen LogP contribution in [-0.2, 0) is 20.9 Å². The summed E-state index contributed by atoms with van der Waals surface area (Å²) in [6, 6.07) is 14.7. The second-order valence-electron chi connectivity index (χ2n) is 9.46. The summed E-state index contributed by atoms with van der Waals surface area (Å²) in [4.78, 5) is 28.4. The zero-order chi connectivity index (χ0) is 26.4. The molecule has 2 amide bonds. The molecular weight excluding hydrogens is 587 g/mol. The van der Waals surface area contributed by atoms with Crippen LogP contribution in [0.15, 0.2) is 60.2 Å². The molecule has 198 valence electrons. The molecule has 1 aliphatic carbocycles. The number of rotatable bonds is 9. The van der Waals surface area contributed by atoms with Crippen molar-refractivity contribution in [3.8, 4) is 5.75 Å². The summed E-state index contributed by atoms with van der Waals surface area (Å²) in [5, 5.41) is 23.5. The zero-order valence-electron chi connectivity index (χ0n) is 20.8. The third kappa shape index (κ3) is 6.90. The van der Waals surface area contributed by atoms with Crippen molar-refractivity contribution >= 4 is 34.4 Å². The van der Waals surface area contributed by atoms with E-state index in [1.54, 1.807) is 11.0 Å². The minimum absolute atomic E-state index is 0.104. The summed E-state index contributed by atoms with van der Waals surface area (Å²) >= 11 is 2.16. The third-order valence-corrected chi connectivity index (χ3v) is 7.64. The molecule has 4 atom stereocenters. The van der Waals surface area contributed by atoms with Crippen LogP contribution in [0.3, 0.4) is 0 Å². The molecule has 1 saturated heterocycles. The zero-order valence-corrected chi connectivity index (χ0v) is 23.0. The van der Waals surface area contributed by atoms with Gasteiger partial charge in [0.05, 0.1) is 28.7 Å². The monoisotopic (exact) mass is 620 g/mol. The molecule has 3 N–H and O–H groups in total. The summed E-state index contributed by atoms with van der Waals surface area (Å²) in [6.07, 6.45) is 0.493. The van der Waals surface area contributed by atoms with Gasteiger partial charge in [-0.3, -0.25) is 9.59 Å². The fourth-order valence-corrected chi connectivity index (χ4v) is 5.19. The number of amides is 2. The smallest absolute Gasteiger partial charge is 0.247 e. The molecule has 2 aromatic carbocycles. The quantitative estimate of drug-likeness (QED) is 0.373. The fraction of sp³-hybridized carbons (Fsp3) is 0.429. The van der Waals surface area contributed by atoms with Gasteiger partial charge in [0, 0.05) is 31.7 Å². The van der Waals surface area contributed by atoms with Crippen molar-refractivity contribution in [2.45, 2.75) is 44.6 Å². The van der Waals surface area contributed by atoms with Crippen LogP contribution in [0.1, 0.15) is 24.0 Å². The summed E-state index contributed by atoms with van der Waals surface area (Å²) in [6.45, 7) is 3.08. The number of hydrogen-bond donors (Lipinski definition) is 3. The highest BCUT2D eigenvalue weighted by molar-refractivity contribution is 14.1. The van der Waals surface area contributed by atoms with Gasteiger partial charge in [0.2, 0.25) is 11.8 Å². The normalized spacial score (nSPS) is 23.3. The topological polar surface area (TPSA) is 108 Å². The second kappa shape index (κ2) is 12.9. The van der Waals surface area contributed by atoms with E-state index in [4.69, 9.17) is 9.47 Å². The van der Waals surface area contributed by atoms with Gasteiger partial charge in [-0.1, -0.05) is 42.0 Å². The van der Waals surface area contributed by atoms with Gasteiger partial charge in [0.25, 0.3) is 0 Å². The maximum absolute atomic E-state index is 13.8. The molecule has 1 aliphatic heterocycles. The van der Waals surface area contributed by atoms with Crippen LogP contribution >= 0.6 is 22.6 Å². The number of aliphatic hydroxyl groups excluding tert-OH is 2. The van der Waals surface area contributed by atoms with Crippen LogP contribution < -0.4 is 10.1 Å². The fourth-order valence-electron chi connectivity index (χ4n) is 4.68. The Morgan fingerprint density at radius 1 is 1.19 bits per heavy atom. The number of benzene rings is 2. The molecule has 0 bridgehead atoms. The lowest BCUT2D eigenvalue weighted by molar-refractivity contribution is -0.143. The van der Waals surface area contributed by atoms with Crippen LogP contribution in [-0.4, -0.2) is 71.5 Å². The lowest BCUT2D eigenvalue weighted by Crippen LogP contribution is -2.56. The molecule has 1 unspecified atom stereocenters. The Morgan fingerprint density at radius 3 is 2.62 bits per heavy atom. The molecule has 0 saturated carbocycles. The molecule has 4 rings (SSSR count). The van der Waals surface area contributed by atoms with Gasteiger partial charge in [-0.15, -0.1) is 0 Å². The van der Waals surface area contributed by atoms with Gasteiger partial charge in [-0.25, -0.2) is 0 Å². The first-order chi connectivity index (χ1) is 17.9. The van der Waals surface area contributed by atoms with Gasteiger partial charge in [0.15, 0.2) is 0 Å². The van der Waals surface area contributed by atoms with Crippen LogP contribution in [0.4, 0.5) is 0 Å². The first-order valence-corrected chi connectivity index (χ1v) is 13.6. The predicted octanol–water partition coefficient (Wildman–Crippen LogP) is 2.58. The minimum atomic E-state index is -1.07. The number of ether oxygens (including phenoxy) is 2. The van der Waals surface area contributed by atoms with Crippen molar-refractivity contribution in [1.82, 2.24) is 10.2 Å². The number of aryl methyl sites for hydroxylation is 1. The van der Waals surface area contributed by atoms with E-state index in [0.717, 1.165) is 14.7 Å². The number of carbonyl (C=O) groups is 2. The molecule has 9 heteroatoms. The summed E-state index contributed by atoms with van der Waals surface area (Å²) in [7, 11) is 0. The van der Waals surface area contributed by atoms with Crippen molar-refractivity contribution in [3.63, 3.8) is 0 Å². The van der Waals surface area contributed by atoms with Crippen molar-refractivity contribution in [1.29, 1.82) is 0 Å². The van der Waals surface area contributed by atoms with Crippen molar-refractivity contribution in [3.05, 3.63) is 74.9 Å². The lowest BCUT2D eigenvalue weighted by atomic mass is 9.87. The Hall–Kier alpha value is -2.47. The Kier molecular flexibility index (Phi) is 9.58. The maximum atomic E-state index is 13.8. The average Bonchev–Trinajstić information content (AvgIpc) is 3.44. The molecule has 0 spiro atoms. The molecule has 8 nitrogen and oxygen atoms in total. The number of hydrogen-bond acceptors (Lipinski definition) is 6. The highest BCUT2D eigenvalue weighted by atomic mass is 127. The molecule has 0 aromatic heterocycles. The van der Waals surface area contributed by atoms with Gasteiger partial charge in [-0.2, -0.15) is 0 Å². The molecule has 1 fully saturated rings. The number of carbonyl (C=O) groups excluding carboxylic acids is 2. The molecular formula is C28H33IN2O6. The second-order valence-corrected chi connectivity index (χ2v) is 10.6. The summed E-state index contributed by atoms with van der Waals surface area (Å²) in [5.41, 5.74) is 2.45. The Morgan fingerprint density at radius 2 is 1.95 bits per heavy atom. The summed E-state index contributed by atoms with van der Waals surface area (Å²) in [5.74, 6) is -0.175. The first kappa shape index (κ1) is 27.6. The molecule has 37 heavy (non-hydrogen) atoms. The van der Waals surface area contributed by atoms with Crippen LogP contribution in [0.5, 0.6) is 5.75 Å². The van der Waals surface area contributed by atoms with Gasteiger partial charge >= 0.3 is 0 Å². The van der Waals surface area contributed by atoms with E-state index in [1.807, 2.05) is 55.5 Å². The number of para-hydroxylation sites is 1. The van der Waals surface area contributed by atoms with Gasteiger partial charge in [0.1, 0.15) is 18.0 Å². The highest BCUT2D eigenvalue weighted by Gasteiger charge is 2.42. The Bertz CT molecular complexity index is 1120. The largest absolute Gasteiger partial charge is 0.482 e. The van der Waals surface area contributed by atoms with Crippen LogP contribution in [0.25, 0.3) is 0 Å².